The van der Waals surface area contributed by atoms with Crippen molar-refractivity contribution >= 4 is 41.4 Å². The fraction of sp³-hybridized carbons (Fsp3) is 0.438. The van der Waals surface area contributed by atoms with Crippen molar-refractivity contribution in [2.24, 2.45) is 0 Å². The maximum absolute atomic E-state index is 5.59. The molecule has 110 valence electrons. The summed E-state index contributed by atoms with van der Waals surface area (Å²) in [6.45, 7) is 6.14. The van der Waals surface area contributed by atoms with Gasteiger partial charge in [0.15, 0.2) is 0 Å². The zero-order valence-electron chi connectivity index (χ0n) is 12.6. The molecule has 1 aliphatic rings. The maximum Gasteiger partial charge on any atom is 0.119 e. The molecule has 0 spiro atoms. The van der Waals surface area contributed by atoms with Gasteiger partial charge in [0.25, 0.3) is 0 Å². The molecule has 0 radical (unpaired) electrons. The van der Waals surface area contributed by atoms with Gasteiger partial charge in [-0.05, 0) is 63.4 Å². The Morgan fingerprint density at radius 2 is 2.10 bits per heavy atom. The summed E-state index contributed by atoms with van der Waals surface area (Å²) in [6.07, 6.45) is 2.32. The second-order valence-corrected chi connectivity index (χ2v) is 9.58. The second-order valence-electron chi connectivity index (χ2n) is 4.96. The lowest BCUT2D eigenvalue weighted by Crippen LogP contribution is -2.15. The van der Waals surface area contributed by atoms with Gasteiger partial charge < -0.3 is 9.64 Å². The Morgan fingerprint density at radius 3 is 2.80 bits per heavy atom. The number of nitrogens with zero attached hydrogens (tertiary/aromatic N) is 1. The molecule has 0 saturated carbocycles. The fourth-order valence-electron chi connectivity index (χ4n) is 1.89. The summed E-state index contributed by atoms with van der Waals surface area (Å²) in [5, 5.41) is 0. The van der Waals surface area contributed by atoms with E-state index in [4.69, 9.17) is 4.74 Å². The van der Waals surface area contributed by atoms with Crippen LogP contribution in [0.1, 0.15) is 19.4 Å². The summed E-state index contributed by atoms with van der Waals surface area (Å²) in [4.78, 5) is 2.25. The van der Waals surface area contributed by atoms with Crippen LogP contribution in [0.5, 0.6) is 5.75 Å². The third-order valence-electron chi connectivity index (χ3n) is 2.92. The van der Waals surface area contributed by atoms with Gasteiger partial charge in [0.2, 0.25) is 0 Å². The second kappa shape index (κ2) is 7.61. The lowest BCUT2D eigenvalue weighted by atomic mass is 10.1. The molecule has 0 aliphatic carbocycles. The molecule has 0 saturated heterocycles. The lowest BCUT2D eigenvalue weighted by molar-refractivity contribution is 0.340. The molecular weight excluding hydrogens is 381 g/mol. The number of benzene rings is 1. The van der Waals surface area contributed by atoms with Crippen molar-refractivity contribution in [3.8, 4) is 5.75 Å². The third kappa shape index (κ3) is 4.33. The van der Waals surface area contributed by atoms with Crippen molar-refractivity contribution in [1.82, 2.24) is 4.90 Å². The molecule has 2 rings (SSSR count). The van der Waals surface area contributed by atoms with Gasteiger partial charge in [-0.2, -0.15) is 0 Å². The number of fused-ring (bicyclic) bond motifs is 1. The molecule has 0 fully saturated rings. The highest BCUT2D eigenvalue weighted by molar-refractivity contribution is 14.2. The van der Waals surface area contributed by atoms with Crippen LogP contribution >= 0.6 is 32.5 Å². The number of thioether (sulfide) groups is 1. The SMILES string of the molecule is CCOc1ccc2c(c1)C=C(C)C(SCCN(C)C)=I2. The molecule has 0 unspecified atom stereocenters. The summed E-state index contributed by atoms with van der Waals surface area (Å²) in [6, 6.07) is 6.55. The van der Waals surface area contributed by atoms with Gasteiger partial charge >= 0.3 is 0 Å². The first-order chi connectivity index (χ1) is 9.60. The Balaban J connectivity index is 2.13. The van der Waals surface area contributed by atoms with Crippen LogP contribution < -0.4 is 4.74 Å². The van der Waals surface area contributed by atoms with E-state index in [1.54, 1.807) is 2.84 Å². The number of halogens is 1. The van der Waals surface area contributed by atoms with Crippen LogP contribution in [0.25, 0.3) is 6.08 Å². The van der Waals surface area contributed by atoms with E-state index in [-0.39, 0.29) is 20.7 Å². The van der Waals surface area contributed by atoms with Crippen LogP contribution in [0.2, 0.25) is 0 Å². The van der Waals surface area contributed by atoms with Gasteiger partial charge in [-0.25, -0.2) is 0 Å². The van der Waals surface area contributed by atoms with E-state index in [0.29, 0.717) is 0 Å². The summed E-state index contributed by atoms with van der Waals surface area (Å²) < 4.78 is 8.72. The van der Waals surface area contributed by atoms with E-state index in [2.05, 4.69) is 50.2 Å². The van der Waals surface area contributed by atoms with E-state index in [1.807, 2.05) is 18.7 Å². The van der Waals surface area contributed by atoms with Gasteiger partial charge in [-0.15, -0.1) is 11.8 Å². The van der Waals surface area contributed by atoms with Crippen molar-refractivity contribution in [2.75, 3.05) is 33.0 Å². The van der Waals surface area contributed by atoms with Crippen molar-refractivity contribution < 1.29 is 4.74 Å². The predicted octanol–water partition coefficient (Wildman–Crippen LogP) is 4.07. The minimum atomic E-state index is -0.0288. The van der Waals surface area contributed by atoms with Crippen molar-refractivity contribution in [1.29, 1.82) is 0 Å². The maximum atomic E-state index is 5.59. The van der Waals surface area contributed by atoms with Crippen LogP contribution in [0.3, 0.4) is 0 Å². The molecule has 1 aromatic rings. The van der Waals surface area contributed by atoms with Gasteiger partial charge in [0.1, 0.15) is 5.75 Å². The van der Waals surface area contributed by atoms with Gasteiger partial charge in [0, 0.05) is 18.7 Å². The average molecular weight is 403 g/mol. The Hall–Kier alpha value is -0.330. The topological polar surface area (TPSA) is 12.5 Å². The largest absolute Gasteiger partial charge is 0.494 e. The van der Waals surface area contributed by atoms with E-state index in [1.165, 1.54) is 20.5 Å². The van der Waals surface area contributed by atoms with E-state index < -0.39 is 0 Å². The number of rotatable bonds is 6. The van der Waals surface area contributed by atoms with Crippen LogP contribution in [-0.4, -0.2) is 40.7 Å². The molecule has 0 amide bonds. The van der Waals surface area contributed by atoms with Gasteiger partial charge in [0.05, 0.1) is 6.61 Å². The van der Waals surface area contributed by atoms with Crippen molar-refractivity contribution in [3.05, 3.63) is 32.9 Å². The summed E-state index contributed by atoms with van der Waals surface area (Å²) >= 11 is 2.01. The highest BCUT2D eigenvalue weighted by Crippen LogP contribution is 2.34. The first-order valence-electron chi connectivity index (χ1n) is 6.85. The van der Waals surface area contributed by atoms with Crippen LogP contribution in [-0.2, 0) is 0 Å². The third-order valence-corrected chi connectivity index (χ3v) is 8.23. The first kappa shape index (κ1) is 16.0. The zero-order chi connectivity index (χ0) is 14.5. The van der Waals surface area contributed by atoms with Crippen molar-refractivity contribution in [3.63, 3.8) is 0 Å². The molecule has 1 aromatic carbocycles. The molecule has 2 nitrogen and oxygen atoms in total. The quantitative estimate of drug-likeness (QED) is 0.665. The van der Waals surface area contributed by atoms with Crippen LogP contribution in [0.15, 0.2) is 23.8 Å². The molecule has 1 aliphatic heterocycles. The van der Waals surface area contributed by atoms with Crippen LogP contribution in [0, 0.1) is 3.57 Å². The Labute approximate surface area is 136 Å². The molecule has 0 bridgehead atoms. The fourth-order valence-corrected chi connectivity index (χ4v) is 6.64. The molecule has 0 atom stereocenters. The lowest BCUT2D eigenvalue weighted by Gasteiger charge is -2.16. The number of hydrogen-bond acceptors (Lipinski definition) is 3. The van der Waals surface area contributed by atoms with Crippen LogP contribution in [0.4, 0.5) is 0 Å². The molecule has 1 heterocycles. The minimum Gasteiger partial charge on any atom is -0.494 e. The molecule has 0 N–H and O–H groups in total. The van der Waals surface area contributed by atoms with Crippen molar-refractivity contribution in [2.45, 2.75) is 13.8 Å². The highest BCUT2D eigenvalue weighted by Gasteiger charge is 2.12. The smallest absolute Gasteiger partial charge is 0.119 e. The number of ether oxygens (including phenoxy) is 1. The molecule has 20 heavy (non-hydrogen) atoms. The molecular formula is C16H22INOS. The monoisotopic (exact) mass is 403 g/mol. The Morgan fingerprint density at radius 1 is 1.30 bits per heavy atom. The van der Waals surface area contributed by atoms with E-state index >= 15 is 0 Å². The Bertz CT molecular complexity index is 537. The Kier molecular flexibility index (Phi) is 6.11. The number of hydrogen-bond donors (Lipinski definition) is 0. The normalized spacial score (nSPS) is 14.2. The summed E-state index contributed by atoms with van der Waals surface area (Å²) in [5.74, 6) is 2.17. The molecule has 4 heteroatoms. The van der Waals surface area contributed by atoms with E-state index in [0.717, 1.165) is 18.9 Å². The van der Waals surface area contributed by atoms with Gasteiger partial charge in [-0.1, -0.05) is 20.7 Å². The first-order valence-corrected chi connectivity index (χ1v) is 9.99. The standard InChI is InChI=1S/C16H22INOS/c1-5-19-14-6-7-15-13(11-14)10-12(2)16(17-15)20-9-8-18(3)4/h6-7,10-11H,5,8-9H2,1-4H3. The zero-order valence-corrected chi connectivity index (χ0v) is 15.5. The minimum absolute atomic E-state index is 0.0288. The summed E-state index contributed by atoms with van der Waals surface area (Å²) in [7, 11) is 4.27. The average Bonchev–Trinajstić information content (AvgIpc) is 2.39. The predicted molar refractivity (Wildman–Crippen MR) is 100.0 cm³/mol. The highest BCUT2D eigenvalue weighted by atomic mass is 127. The van der Waals surface area contributed by atoms with E-state index in [9.17, 15) is 0 Å². The summed E-state index contributed by atoms with van der Waals surface area (Å²) in [5.41, 5.74) is 2.81. The molecule has 0 aromatic heterocycles. The van der Waals surface area contributed by atoms with Gasteiger partial charge in [-0.3, -0.25) is 0 Å².